The van der Waals surface area contributed by atoms with Gasteiger partial charge < -0.3 is 15.0 Å². The van der Waals surface area contributed by atoms with E-state index in [-0.39, 0.29) is 11.7 Å². The van der Waals surface area contributed by atoms with Crippen molar-refractivity contribution in [3.63, 3.8) is 0 Å². The molecule has 36 heavy (non-hydrogen) atoms. The standard InChI is InChI=1S/C30H30N2O4/c1-22-11-13-23(14-12-22)15-16-27(33)26-10-6-20-32(26)19-5-8-24-7-4-9-25(21-24)28(34)31-30(29(35)36)17-2-3-18-30/h4-16,20-21H,2-3,17-19H2,1H3,(H,31,34)(H,35,36)/b8-5+,16-15+. The molecule has 0 radical (unpaired) electrons. The monoisotopic (exact) mass is 482 g/mol. The summed E-state index contributed by atoms with van der Waals surface area (Å²) >= 11 is 0. The molecular weight excluding hydrogens is 452 g/mol. The molecule has 6 nitrogen and oxygen atoms in total. The van der Waals surface area contributed by atoms with Crippen molar-refractivity contribution in [3.05, 3.63) is 107 Å². The number of aliphatic carboxylic acids is 1. The number of rotatable bonds is 9. The van der Waals surface area contributed by atoms with Crippen molar-refractivity contribution in [1.82, 2.24) is 9.88 Å². The van der Waals surface area contributed by atoms with E-state index in [2.05, 4.69) is 5.32 Å². The maximum atomic E-state index is 12.8. The van der Waals surface area contributed by atoms with Crippen molar-refractivity contribution in [2.45, 2.75) is 44.7 Å². The van der Waals surface area contributed by atoms with Gasteiger partial charge >= 0.3 is 5.97 Å². The first kappa shape index (κ1) is 24.9. The average Bonchev–Trinajstić information content (AvgIpc) is 3.54. The fourth-order valence-corrected chi connectivity index (χ4v) is 4.48. The van der Waals surface area contributed by atoms with Gasteiger partial charge in [-0.1, -0.05) is 73.0 Å². The number of carboxylic acids is 1. The molecule has 4 rings (SSSR count). The minimum Gasteiger partial charge on any atom is -0.480 e. The summed E-state index contributed by atoms with van der Waals surface area (Å²) in [7, 11) is 0. The highest BCUT2D eigenvalue weighted by molar-refractivity contribution is 6.05. The Balaban J connectivity index is 1.40. The van der Waals surface area contributed by atoms with Crippen LogP contribution in [0.25, 0.3) is 12.2 Å². The summed E-state index contributed by atoms with van der Waals surface area (Å²) in [5, 5.41) is 12.4. The van der Waals surface area contributed by atoms with Gasteiger partial charge in [0, 0.05) is 18.3 Å². The molecule has 1 aliphatic carbocycles. The number of amides is 1. The van der Waals surface area contributed by atoms with Gasteiger partial charge in [0.15, 0.2) is 0 Å². The molecule has 1 aliphatic rings. The Morgan fingerprint density at radius 1 is 0.972 bits per heavy atom. The van der Waals surface area contributed by atoms with Crippen LogP contribution in [-0.4, -0.2) is 32.9 Å². The van der Waals surface area contributed by atoms with E-state index in [1.54, 1.807) is 30.3 Å². The van der Waals surface area contributed by atoms with Gasteiger partial charge in [0.2, 0.25) is 5.78 Å². The molecule has 0 saturated heterocycles. The Morgan fingerprint density at radius 2 is 1.72 bits per heavy atom. The zero-order chi connectivity index (χ0) is 25.5. The van der Waals surface area contributed by atoms with Crippen LogP contribution >= 0.6 is 0 Å². The second-order valence-electron chi connectivity index (χ2n) is 9.23. The van der Waals surface area contributed by atoms with Gasteiger partial charge in [0.1, 0.15) is 5.54 Å². The van der Waals surface area contributed by atoms with Crippen molar-refractivity contribution in [2.75, 3.05) is 0 Å². The van der Waals surface area contributed by atoms with Crippen LogP contribution in [-0.2, 0) is 11.3 Å². The highest BCUT2D eigenvalue weighted by atomic mass is 16.4. The molecular formula is C30H30N2O4. The smallest absolute Gasteiger partial charge is 0.329 e. The summed E-state index contributed by atoms with van der Waals surface area (Å²) in [4.78, 5) is 37.2. The molecule has 1 aromatic heterocycles. The number of ketones is 1. The predicted molar refractivity (Wildman–Crippen MR) is 141 cm³/mol. The third kappa shape index (κ3) is 5.89. The molecule has 6 heteroatoms. The molecule has 2 N–H and O–H groups in total. The average molecular weight is 483 g/mol. The molecule has 0 spiro atoms. The number of nitrogens with zero attached hydrogens (tertiary/aromatic N) is 1. The number of aromatic nitrogens is 1. The molecule has 0 aliphatic heterocycles. The normalized spacial score (nSPS) is 14.9. The van der Waals surface area contributed by atoms with Crippen molar-refractivity contribution < 1.29 is 19.5 Å². The van der Waals surface area contributed by atoms with Crippen molar-refractivity contribution in [3.8, 4) is 0 Å². The van der Waals surface area contributed by atoms with Crippen molar-refractivity contribution in [1.29, 1.82) is 0 Å². The Hall–Kier alpha value is -4.19. The van der Waals surface area contributed by atoms with E-state index in [1.165, 1.54) is 5.56 Å². The first-order chi connectivity index (χ1) is 17.4. The van der Waals surface area contributed by atoms with Gasteiger partial charge in [-0.3, -0.25) is 9.59 Å². The molecule has 1 amide bonds. The minimum atomic E-state index is -1.17. The molecule has 1 heterocycles. The molecule has 0 atom stereocenters. The van der Waals surface area contributed by atoms with Crippen LogP contribution in [0.4, 0.5) is 0 Å². The first-order valence-electron chi connectivity index (χ1n) is 12.1. The fourth-order valence-electron chi connectivity index (χ4n) is 4.48. The number of allylic oxidation sites excluding steroid dienone is 2. The van der Waals surface area contributed by atoms with E-state index in [9.17, 15) is 19.5 Å². The Labute approximate surface area is 211 Å². The van der Waals surface area contributed by atoms with E-state index in [4.69, 9.17) is 0 Å². The van der Waals surface area contributed by atoms with Gasteiger partial charge in [-0.15, -0.1) is 0 Å². The van der Waals surface area contributed by atoms with Gasteiger partial charge in [-0.05, 0) is 61.2 Å². The zero-order valence-electron chi connectivity index (χ0n) is 20.3. The maximum Gasteiger partial charge on any atom is 0.329 e. The molecule has 1 saturated carbocycles. The molecule has 0 bridgehead atoms. The van der Waals surface area contributed by atoms with Gasteiger partial charge in [-0.2, -0.15) is 0 Å². The highest BCUT2D eigenvalue weighted by Crippen LogP contribution is 2.30. The number of carbonyl (C=O) groups excluding carboxylic acids is 2. The van der Waals surface area contributed by atoms with Gasteiger partial charge in [-0.25, -0.2) is 4.79 Å². The van der Waals surface area contributed by atoms with Crippen LogP contribution in [0.1, 0.15) is 63.2 Å². The van der Waals surface area contributed by atoms with E-state index in [0.29, 0.717) is 30.6 Å². The maximum absolute atomic E-state index is 12.8. The zero-order valence-corrected chi connectivity index (χ0v) is 20.3. The summed E-state index contributed by atoms with van der Waals surface area (Å²) < 4.78 is 1.87. The molecule has 2 aromatic carbocycles. The summed E-state index contributed by atoms with van der Waals surface area (Å²) in [6.45, 7) is 2.51. The summed E-state index contributed by atoms with van der Waals surface area (Å²) in [6.07, 6.45) is 11.5. The lowest BCUT2D eigenvalue weighted by Gasteiger charge is -2.25. The van der Waals surface area contributed by atoms with Crippen molar-refractivity contribution in [2.24, 2.45) is 0 Å². The number of carboxylic acid groups (broad SMARTS) is 1. The van der Waals surface area contributed by atoms with Crippen LogP contribution < -0.4 is 5.32 Å². The molecule has 0 unspecified atom stereocenters. The largest absolute Gasteiger partial charge is 0.480 e. The topological polar surface area (TPSA) is 88.4 Å². The lowest BCUT2D eigenvalue weighted by Crippen LogP contribution is -2.52. The van der Waals surface area contributed by atoms with Gasteiger partial charge in [0.05, 0.1) is 5.69 Å². The Bertz CT molecular complexity index is 1310. The Kier molecular flexibility index (Phi) is 7.64. The third-order valence-electron chi connectivity index (χ3n) is 6.57. The SMILES string of the molecule is Cc1ccc(/C=C/C(=O)c2cccn2C/C=C/c2cccc(C(=O)NC3(C(=O)O)CCCC3)c2)cc1. The summed E-state index contributed by atoms with van der Waals surface area (Å²) in [5.74, 6) is -1.43. The van der Waals surface area contributed by atoms with E-state index >= 15 is 0 Å². The molecule has 1 fully saturated rings. The number of benzene rings is 2. The van der Waals surface area contributed by atoms with E-state index < -0.39 is 11.5 Å². The fraction of sp³-hybridized carbons (Fsp3) is 0.233. The van der Waals surface area contributed by atoms with E-state index in [1.807, 2.05) is 72.3 Å². The summed E-state index contributed by atoms with van der Waals surface area (Å²) in [5.41, 5.74) is 2.79. The number of nitrogens with one attached hydrogen (secondary N) is 1. The number of aryl methyl sites for hydroxylation is 1. The van der Waals surface area contributed by atoms with Crippen LogP contribution in [0, 0.1) is 6.92 Å². The van der Waals surface area contributed by atoms with E-state index in [0.717, 1.165) is 24.0 Å². The lowest BCUT2D eigenvalue weighted by atomic mass is 9.97. The minimum absolute atomic E-state index is 0.0769. The molecule has 3 aromatic rings. The Morgan fingerprint density at radius 3 is 2.44 bits per heavy atom. The van der Waals surface area contributed by atoms with Crippen LogP contribution in [0.2, 0.25) is 0 Å². The molecule has 184 valence electrons. The highest BCUT2D eigenvalue weighted by Gasteiger charge is 2.42. The number of hydrogen-bond donors (Lipinski definition) is 2. The lowest BCUT2D eigenvalue weighted by molar-refractivity contribution is -0.144. The first-order valence-corrected chi connectivity index (χ1v) is 12.1. The van der Waals surface area contributed by atoms with Gasteiger partial charge in [0.25, 0.3) is 5.91 Å². The third-order valence-corrected chi connectivity index (χ3v) is 6.57. The number of carbonyl (C=O) groups is 3. The van der Waals surface area contributed by atoms with Crippen molar-refractivity contribution >= 4 is 29.8 Å². The second-order valence-corrected chi connectivity index (χ2v) is 9.23. The second kappa shape index (κ2) is 11.0. The van der Waals surface area contributed by atoms with Crippen LogP contribution in [0.5, 0.6) is 0 Å². The predicted octanol–water partition coefficient (Wildman–Crippen LogP) is 5.53. The summed E-state index contributed by atoms with van der Waals surface area (Å²) in [6, 6.07) is 18.7. The van der Waals surface area contributed by atoms with Crippen LogP contribution in [0.3, 0.4) is 0 Å². The van der Waals surface area contributed by atoms with Crippen LogP contribution in [0.15, 0.2) is 79.0 Å². The quantitative estimate of drug-likeness (QED) is 0.310. The number of hydrogen-bond acceptors (Lipinski definition) is 3.